The average Bonchev–Trinajstić information content (AvgIpc) is 2.95. The fourth-order valence-electron chi connectivity index (χ4n) is 2.31. The molecular weight excluding hydrogens is 316 g/mol. The molecule has 0 saturated heterocycles. The molecule has 2 aromatic carbocycles. The molecule has 1 N–H and O–H groups in total. The first-order valence-corrected chi connectivity index (χ1v) is 8.52. The van der Waals surface area contributed by atoms with E-state index < -0.39 is 0 Å². The van der Waals surface area contributed by atoms with Crippen LogP contribution in [-0.4, -0.2) is 10.9 Å². The number of thiazole rings is 1. The normalized spacial score (nSPS) is 10.9. The summed E-state index contributed by atoms with van der Waals surface area (Å²) >= 11 is 1.48. The number of carbonyl (C=O) groups is 1. The Balaban J connectivity index is 1.70. The number of hydrogen-bond donors (Lipinski definition) is 1. The Labute approximate surface area is 145 Å². The van der Waals surface area contributed by atoms with Gasteiger partial charge in [-0.25, -0.2) is 4.98 Å². The van der Waals surface area contributed by atoms with Crippen molar-refractivity contribution in [3.05, 3.63) is 76.7 Å². The van der Waals surface area contributed by atoms with E-state index in [1.54, 1.807) is 6.08 Å². The summed E-state index contributed by atoms with van der Waals surface area (Å²) in [6, 6.07) is 18.0. The molecule has 0 atom stereocenters. The van der Waals surface area contributed by atoms with E-state index >= 15 is 0 Å². The van der Waals surface area contributed by atoms with E-state index in [0.29, 0.717) is 5.13 Å². The highest BCUT2D eigenvalue weighted by Crippen LogP contribution is 2.30. The number of aromatic nitrogens is 1. The van der Waals surface area contributed by atoms with Gasteiger partial charge in [-0.2, -0.15) is 0 Å². The van der Waals surface area contributed by atoms with Gasteiger partial charge in [0.15, 0.2) is 5.13 Å². The molecule has 120 valence electrons. The standard InChI is InChI=1S/C20H18N2OS/c1-14-8-10-16(11-9-14)12-13-18(23)21-20-22-19(15(2)24-20)17-6-4-3-5-7-17/h3-13H,1-2H3,(H,21,22,23)/b13-12-. The van der Waals surface area contributed by atoms with Crippen LogP contribution < -0.4 is 5.32 Å². The summed E-state index contributed by atoms with van der Waals surface area (Å²) in [6.07, 6.45) is 3.33. The van der Waals surface area contributed by atoms with Crippen LogP contribution in [-0.2, 0) is 4.79 Å². The highest BCUT2D eigenvalue weighted by molar-refractivity contribution is 7.16. The Kier molecular flexibility index (Phi) is 4.87. The highest BCUT2D eigenvalue weighted by Gasteiger charge is 2.10. The van der Waals surface area contributed by atoms with Gasteiger partial charge in [0.2, 0.25) is 5.91 Å². The van der Waals surface area contributed by atoms with E-state index in [2.05, 4.69) is 10.3 Å². The van der Waals surface area contributed by atoms with E-state index in [9.17, 15) is 4.79 Å². The Hall–Kier alpha value is -2.72. The number of nitrogens with one attached hydrogen (secondary N) is 1. The molecule has 0 saturated carbocycles. The Morgan fingerprint density at radius 3 is 2.46 bits per heavy atom. The van der Waals surface area contributed by atoms with Crippen molar-refractivity contribution in [1.29, 1.82) is 0 Å². The Bertz CT molecular complexity index is 864. The van der Waals surface area contributed by atoms with E-state index in [1.165, 1.54) is 23.0 Å². The van der Waals surface area contributed by atoms with Crippen LogP contribution in [0.2, 0.25) is 0 Å². The van der Waals surface area contributed by atoms with Crippen LogP contribution >= 0.6 is 11.3 Å². The summed E-state index contributed by atoms with van der Waals surface area (Å²) in [7, 11) is 0. The van der Waals surface area contributed by atoms with Crippen molar-refractivity contribution in [2.75, 3.05) is 5.32 Å². The molecule has 0 aliphatic rings. The summed E-state index contributed by atoms with van der Waals surface area (Å²) in [5, 5.41) is 3.45. The number of carbonyl (C=O) groups excluding carboxylic acids is 1. The van der Waals surface area contributed by atoms with Crippen LogP contribution in [0.1, 0.15) is 16.0 Å². The van der Waals surface area contributed by atoms with Crippen molar-refractivity contribution < 1.29 is 4.79 Å². The minimum Gasteiger partial charge on any atom is -0.298 e. The molecular formula is C20H18N2OS. The second-order valence-corrected chi connectivity index (χ2v) is 6.73. The summed E-state index contributed by atoms with van der Waals surface area (Å²) in [6.45, 7) is 4.05. The third-order valence-corrected chi connectivity index (χ3v) is 4.46. The lowest BCUT2D eigenvalue weighted by molar-refractivity contribution is -0.111. The van der Waals surface area contributed by atoms with Gasteiger partial charge >= 0.3 is 0 Å². The molecule has 3 aromatic rings. The van der Waals surface area contributed by atoms with Crippen LogP contribution in [0.5, 0.6) is 0 Å². The van der Waals surface area contributed by atoms with E-state index in [-0.39, 0.29) is 5.91 Å². The predicted molar refractivity (Wildman–Crippen MR) is 101 cm³/mol. The summed E-state index contributed by atoms with van der Waals surface area (Å²) in [4.78, 5) is 17.7. The van der Waals surface area contributed by atoms with Crippen LogP contribution in [0.4, 0.5) is 5.13 Å². The topological polar surface area (TPSA) is 42.0 Å². The molecule has 4 heteroatoms. The number of hydrogen-bond acceptors (Lipinski definition) is 3. The van der Waals surface area contributed by atoms with Crippen molar-refractivity contribution in [3.8, 4) is 11.3 Å². The van der Waals surface area contributed by atoms with E-state index in [0.717, 1.165) is 21.7 Å². The minimum atomic E-state index is -0.177. The van der Waals surface area contributed by atoms with Crippen LogP contribution in [0.25, 0.3) is 17.3 Å². The van der Waals surface area contributed by atoms with Crippen molar-refractivity contribution in [2.24, 2.45) is 0 Å². The third kappa shape index (κ3) is 3.97. The number of amides is 1. The molecule has 1 aromatic heterocycles. The van der Waals surface area contributed by atoms with Crippen LogP contribution in [0.15, 0.2) is 60.7 Å². The van der Waals surface area contributed by atoms with Gasteiger partial charge in [0.25, 0.3) is 0 Å². The fraction of sp³-hybridized carbons (Fsp3) is 0.100. The molecule has 3 nitrogen and oxygen atoms in total. The molecule has 1 heterocycles. The maximum Gasteiger partial charge on any atom is 0.250 e. The average molecular weight is 334 g/mol. The maximum atomic E-state index is 12.1. The molecule has 0 radical (unpaired) electrons. The largest absolute Gasteiger partial charge is 0.298 e. The zero-order valence-electron chi connectivity index (χ0n) is 13.6. The summed E-state index contributed by atoms with van der Waals surface area (Å²) < 4.78 is 0. The molecule has 0 fully saturated rings. The molecule has 3 rings (SSSR count). The zero-order chi connectivity index (χ0) is 16.9. The predicted octanol–water partition coefficient (Wildman–Crippen LogP) is 5.08. The molecule has 24 heavy (non-hydrogen) atoms. The Morgan fingerprint density at radius 2 is 1.75 bits per heavy atom. The number of benzene rings is 2. The lowest BCUT2D eigenvalue weighted by Crippen LogP contribution is -2.07. The molecule has 0 bridgehead atoms. The second-order valence-electron chi connectivity index (χ2n) is 5.52. The van der Waals surface area contributed by atoms with Gasteiger partial charge < -0.3 is 0 Å². The first-order chi connectivity index (χ1) is 11.6. The van der Waals surface area contributed by atoms with E-state index in [1.807, 2.05) is 68.4 Å². The summed E-state index contributed by atoms with van der Waals surface area (Å²) in [5.74, 6) is -0.177. The number of nitrogens with zero attached hydrogens (tertiary/aromatic N) is 1. The smallest absolute Gasteiger partial charge is 0.250 e. The first-order valence-electron chi connectivity index (χ1n) is 7.70. The van der Waals surface area contributed by atoms with Crippen molar-refractivity contribution in [1.82, 2.24) is 4.98 Å². The summed E-state index contributed by atoms with van der Waals surface area (Å²) in [5.41, 5.74) is 4.17. The fourth-order valence-corrected chi connectivity index (χ4v) is 3.15. The van der Waals surface area contributed by atoms with Gasteiger partial charge in [0.1, 0.15) is 0 Å². The van der Waals surface area contributed by atoms with Gasteiger partial charge in [-0.05, 0) is 25.5 Å². The third-order valence-electron chi connectivity index (χ3n) is 3.58. The molecule has 0 spiro atoms. The van der Waals surface area contributed by atoms with Crippen LogP contribution in [0.3, 0.4) is 0 Å². The number of anilines is 1. The van der Waals surface area contributed by atoms with Gasteiger partial charge in [0.05, 0.1) is 5.69 Å². The minimum absolute atomic E-state index is 0.177. The number of aryl methyl sites for hydroxylation is 2. The van der Waals surface area contributed by atoms with Crippen LogP contribution in [0, 0.1) is 13.8 Å². The SMILES string of the molecule is Cc1ccc(/C=C\C(=O)Nc2nc(-c3ccccc3)c(C)s2)cc1. The van der Waals surface area contributed by atoms with Crippen molar-refractivity contribution in [3.63, 3.8) is 0 Å². The monoisotopic (exact) mass is 334 g/mol. The molecule has 1 amide bonds. The number of rotatable bonds is 4. The Morgan fingerprint density at radius 1 is 1.04 bits per heavy atom. The first kappa shape index (κ1) is 16.1. The molecule has 0 unspecified atom stereocenters. The van der Waals surface area contributed by atoms with Gasteiger partial charge in [-0.3, -0.25) is 10.1 Å². The molecule has 0 aliphatic carbocycles. The highest BCUT2D eigenvalue weighted by atomic mass is 32.1. The van der Waals surface area contributed by atoms with E-state index in [4.69, 9.17) is 0 Å². The zero-order valence-corrected chi connectivity index (χ0v) is 14.4. The quantitative estimate of drug-likeness (QED) is 0.676. The lowest BCUT2D eigenvalue weighted by atomic mass is 10.1. The maximum absolute atomic E-state index is 12.1. The van der Waals surface area contributed by atoms with Gasteiger partial charge in [0, 0.05) is 16.5 Å². The van der Waals surface area contributed by atoms with Crippen molar-refractivity contribution >= 4 is 28.5 Å². The van der Waals surface area contributed by atoms with Crippen molar-refractivity contribution in [2.45, 2.75) is 13.8 Å². The second kappa shape index (κ2) is 7.23. The lowest BCUT2D eigenvalue weighted by Gasteiger charge is -1.98. The van der Waals surface area contributed by atoms with Gasteiger partial charge in [-0.1, -0.05) is 60.2 Å². The molecule has 0 aliphatic heterocycles. The van der Waals surface area contributed by atoms with Gasteiger partial charge in [-0.15, -0.1) is 11.3 Å².